The Morgan fingerprint density at radius 2 is 2.12 bits per heavy atom. The molecule has 0 unspecified atom stereocenters. The van der Waals surface area contributed by atoms with E-state index < -0.39 is 0 Å². The minimum atomic E-state index is 0.289. The highest BCUT2D eigenvalue weighted by Gasteiger charge is 2.06. The SMILES string of the molecule is CCCCNc1ccc2cccc(O)c2[nH+]1. The van der Waals surface area contributed by atoms with Crippen LogP contribution in [0.15, 0.2) is 30.3 Å². The number of phenolic OH excluding ortho intramolecular Hbond substituents is 1. The van der Waals surface area contributed by atoms with E-state index in [9.17, 15) is 5.11 Å². The number of aromatic hydroxyl groups is 1. The molecule has 0 saturated heterocycles. The van der Waals surface area contributed by atoms with Crippen LogP contribution in [0.4, 0.5) is 5.82 Å². The van der Waals surface area contributed by atoms with Gasteiger partial charge >= 0.3 is 0 Å². The molecule has 3 nitrogen and oxygen atoms in total. The molecule has 84 valence electrons. The Bertz CT molecular complexity index is 482. The third-order valence-corrected chi connectivity index (χ3v) is 2.61. The van der Waals surface area contributed by atoms with Crippen LogP contribution in [0, 0.1) is 0 Å². The van der Waals surface area contributed by atoms with Crippen molar-refractivity contribution in [2.75, 3.05) is 11.9 Å². The summed E-state index contributed by atoms with van der Waals surface area (Å²) in [6.07, 6.45) is 2.32. The van der Waals surface area contributed by atoms with E-state index in [-0.39, 0.29) is 5.75 Å². The van der Waals surface area contributed by atoms with E-state index >= 15 is 0 Å². The number of nitrogens with one attached hydrogen (secondary N) is 2. The average Bonchev–Trinajstić information content (AvgIpc) is 2.30. The van der Waals surface area contributed by atoms with Crippen molar-refractivity contribution in [1.29, 1.82) is 0 Å². The number of para-hydroxylation sites is 1. The van der Waals surface area contributed by atoms with E-state index in [1.165, 1.54) is 6.42 Å². The highest BCUT2D eigenvalue weighted by Crippen LogP contribution is 2.20. The van der Waals surface area contributed by atoms with E-state index in [2.05, 4.69) is 17.2 Å². The maximum Gasteiger partial charge on any atom is 0.272 e. The smallest absolute Gasteiger partial charge is 0.272 e. The highest BCUT2D eigenvalue weighted by molar-refractivity contribution is 5.81. The number of hydrogen-bond donors (Lipinski definition) is 2. The van der Waals surface area contributed by atoms with Gasteiger partial charge in [0, 0.05) is 11.5 Å². The van der Waals surface area contributed by atoms with E-state index in [1.807, 2.05) is 24.3 Å². The fourth-order valence-corrected chi connectivity index (χ4v) is 1.68. The van der Waals surface area contributed by atoms with Crippen molar-refractivity contribution in [3.8, 4) is 5.75 Å². The number of benzene rings is 1. The zero-order valence-electron chi connectivity index (χ0n) is 9.46. The number of anilines is 1. The zero-order valence-corrected chi connectivity index (χ0v) is 9.46. The molecule has 0 aliphatic carbocycles. The molecule has 0 spiro atoms. The molecule has 0 aliphatic rings. The molecule has 0 fully saturated rings. The number of phenols is 1. The lowest BCUT2D eigenvalue weighted by molar-refractivity contribution is -0.328. The molecule has 0 saturated carbocycles. The predicted molar refractivity (Wildman–Crippen MR) is 65.6 cm³/mol. The van der Waals surface area contributed by atoms with Gasteiger partial charge in [0.05, 0.1) is 6.54 Å². The van der Waals surface area contributed by atoms with Crippen LogP contribution >= 0.6 is 0 Å². The Morgan fingerprint density at radius 1 is 1.25 bits per heavy atom. The van der Waals surface area contributed by atoms with E-state index in [1.54, 1.807) is 6.07 Å². The summed E-state index contributed by atoms with van der Waals surface area (Å²) < 4.78 is 0. The van der Waals surface area contributed by atoms with Gasteiger partial charge in [-0.1, -0.05) is 25.5 Å². The number of pyridine rings is 1. The molecule has 3 N–H and O–H groups in total. The number of fused-ring (bicyclic) bond motifs is 1. The molecule has 3 heteroatoms. The van der Waals surface area contributed by atoms with Crippen molar-refractivity contribution >= 4 is 16.7 Å². The quantitative estimate of drug-likeness (QED) is 0.773. The van der Waals surface area contributed by atoms with Gasteiger partial charge in [-0.25, -0.2) is 4.98 Å². The predicted octanol–water partition coefficient (Wildman–Crippen LogP) is 2.57. The molecule has 16 heavy (non-hydrogen) atoms. The lowest BCUT2D eigenvalue weighted by Crippen LogP contribution is -2.14. The minimum absolute atomic E-state index is 0.289. The molecule has 0 atom stereocenters. The summed E-state index contributed by atoms with van der Waals surface area (Å²) in [6.45, 7) is 3.11. The summed E-state index contributed by atoms with van der Waals surface area (Å²) in [4.78, 5) is 3.19. The Labute approximate surface area is 95.1 Å². The van der Waals surface area contributed by atoms with Gasteiger partial charge in [0.25, 0.3) is 5.82 Å². The van der Waals surface area contributed by atoms with Gasteiger partial charge in [-0.15, -0.1) is 0 Å². The fraction of sp³-hybridized carbons (Fsp3) is 0.308. The molecule has 0 aliphatic heterocycles. The third-order valence-electron chi connectivity index (χ3n) is 2.61. The second-order valence-corrected chi connectivity index (χ2v) is 3.89. The summed E-state index contributed by atoms with van der Waals surface area (Å²) in [6, 6.07) is 9.50. The molecular formula is C13H17N2O+. The van der Waals surface area contributed by atoms with Gasteiger partial charge in [-0.3, -0.25) is 5.32 Å². The first-order valence-corrected chi connectivity index (χ1v) is 5.69. The third kappa shape index (κ3) is 2.24. The maximum absolute atomic E-state index is 9.71. The monoisotopic (exact) mass is 217 g/mol. The van der Waals surface area contributed by atoms with Crippen molar-refractivity contribution in [3.63, 3.8) is 0 Å². The van der Waals surface area contributed by atoms with Crippen LogP contribution in [0.25, 0.3) is 10.9 Å². The Morgan fingerprint density at radius 3 is 2.94 bits per heavy atom. The summed E-state index contributed by atoms with van der Waals surface area (Å²) >= 11 is 0. The van der Waals surface area contributed by atoms with E-state index in [0.29, 0.717) is 0 Å². The second-order valence-electron chi connectivity index (χ2n) is 3.89. The van der Waals surface area contributed by atoms with Crippen molar-refractivity contribution in [2.45, 2.75) is 19.8 Å². The number of H-pyrrole nitrogens is 1. The van der Waals surface area contributed by atoms with Crippen molar-refractivity contribution in [2.24, 2.45) is 0 Å². The van der Waals surface area contributed by atoms with E-state index in [4.69, 9.17) is 0 Å². The average molecular weight is 217 g/mol. The fourth-order valence-electron chi connectivity index (χ4n) is 1.68. The van der Waals surface area contributed by atoms with Crippen LogP contribution in [0.5, 0.6) is 5.75 Å². The first-order chi connectivity index (χ1) is 7.81. The van der Waals surface area contributed by atoms with Crippen LogP contribution in [-0.2, 0) is 0 Å². The number of rotatable bonds is 4. The standard InChI is InChI=1S/C13H16N2O/c1-2-3-9-14-12-8-7-10-5-4-6-11(16)13(10)15-12/h4-8,16H,2-3,9H2,1H3,(H,14,15)/p+1. The largest absolute Gasteiger partial charge is 0.504 e. The molecule has 1 aromatic heterocycles. The van der Waals surface area contributed by atoms with Crippen LogP contribution in [0.3, 0.4) is 0 Å². The molecule has 1 heterocycles. The first kappa shape index (κ1) is 10.7. The van der Waals surface area contributed by atoms with Crippen LogP contribution in [0.1, 0.15) is 19.8 Å². The minimum Gasteiger partial charge on any atom is -0.504 e. The van der Waals surface area contributed by atoms with Crippen LogP contribution in [0.2, 0.25) is 0 Å². The number of aromatic amines is 1. The molecule has 1 aromatic carbocycles. The highest BCUT2D eigenvalue weighted by atomic mass is 16.3. The molecule has 0 bridgehead atoms. The summed E-state index contributed by atoms with van der Waals surface area (Å²) in [5.41, 5.74) is 0.781. The Hall–Kier alpha value is -1.77. The topological polar surface area (TPSA) is 46.4 Å². The van der Waals surface area contributed by atoms with Crippen LogP contribution < -0.4 is 10.3 Å². The van der Waals surface area contributed by atoms with Gasteiger partial charge in [-0.2, -0.15) is 0 Å². The second kappa shape index (κ2) is 4.84. The molecular weight excluding hydrogens is 200 g/mol. The lowest BCUT2D eigenvalue weighted by atomic mass is 10.2. The summed E-state index contributed by atoms with van der Waals surface area (Å²) in [7, 11) is 0. The molecule has 0 radical (unpaired) electrons. The van der Waals surface area contributed by atoms with Crippen LogP contribution in [-0.4, -0.2) is 11.7 Å². The van der Waals surface area contributed by atoms with Gasteiger partial charge < -0.3 is 5.11 Å². The van der Waals surface area contributed by atoms with Gasteiger partial charge in [-0.05, 0) is 18.6 Å². The zero-order chi connectivity index (χ0) is 11.4. The van der Waals surface area contributed by atoms with E-state index in [0.717, 1.165) is 29.7 Å². The Kier molecular flexibility index (Phi) is 3.25. The van der Waals surface area contributed by atoms with Crippen molar-refractivity contribution in [3.05, 3.63) is 30.3 Å². The lowest BCUT2D eigenvalue weighted by Gasteiger charge is -2.01. The summed E-state index contributed by atoms with van der Waals surface area (Å²) in [5, 5.41) is 14.0. The first-order valence-electron chi connectivity index (χ1n) is 5.69. The molecule has 0 amide bonds. The maximum atomic E-state index is 9.71. The number of unbranched alkanes of at least 4 members (excludes halogenated alkanes) is 1. The number of hydrogen-bond acceptors (Lipinski definition) is 2. The molecule has 2 rings (SSSR count). The van der Waals surface area contributed by atoms with Crippen molar-refractivity contribution < 1.29 is 10.1 Å². The normalized spacial score (nSPS) is 10.6. The van der Waals surface area contributed by atoms with Crippen molar-refractivity contribution in [1.82, 2.24) is 0 Å². The molecule has 2 aromatic rings. The summed E-state index contributed by atoms with van der Waals surface area (Å²) in [5.74, 6) is 1.24. The number of aromatic nitrogens is 1. The van der Waals surface area contributed by atoms with Gasteiger partial charge in [0.15, 0.2) is 11.3 Å². The van der Waals surface area contributed by atoms with Gasteiger partial charge in [0.2, 0.25) is 0 Å². The van der Waals surface area contributed by atoms with Gasteiger partial charge in [0.1, 0.15) is 0 Å². The Balaban J connectivity index is 2.25.